The lowest BCUT2D eigenvalue weighted by molar-refractivity contribution is 0.100. The normalized spacial score (nSPS) is 11.0. The Morgan fingerprint density at radius 3 is 2.23 bits per heavy atom. The highest BCUT2D eigenvalue weighted by Gasteiger charge is 2.13. The van der Waals surface area contributed by atoms with Crippen molar-refractivity contribution in [3.05, 3.63) is 102 Å². The maximum Gasteiger partial charge on any atom is 0.250 e. The van der Waals surface area contributed by atoms with Crippen molar-refractivity contribution in [2.45, 2.75) is 0 Å². The van der Waals surface area contributed by atoms with Crippen LogP contribution in [0.3, 0.4) is 0 Å². The molecule has 5 aromatic rings. The first-order valence-corrected chi connectivity index (χ1v) is 10.2. The van der Waals surface area contributed by atoms with Crippen molar-refractivity contribution in [1.82, 2.24) is 9.97 Å². The zero-order valence-electron chi connectivity index (χ0n) is 16.5. The number of carbonyl (C=O) groups excluding carboxylic acids is 1. The zero-order valence-corrected chi connectivity index (χ0v) is 17.2. The Balaban J connectivity index is 1.55. The Morgan fingerprint density at radius 1 is 0.806 bits per heavy atom. The van der Waals surface area contributed by atoms with Crippen molar-refractivity contribution in [2.75, 3.05) is 0 Å². The maximum absolute atomic E-state index is 11.6. The van der Waals surface area contributed by atoms with Gasteiger partial charge >= 0.3 is 0 Å². The monoisotopic (exact) mass is 423 g/mol. The molecule has 5 heteroatoms. The number of carbonyl (C=O) groups is 1. The smallest absolute Gasteiger partial charge is 0.250 e. The van der Waals surface area contributed by atoms with E-state index in [4.69, 9.17) is 17.3 Å². The second-order valence-electron chi connectivity index (χ2n) is 7.30. The summed E-state index contributed by atoms with van der Waals surface area (Å²) in [5, 5.41) is 1.43. The van der Waals surface area contributed by atoms with Crippen LogP contribution >= 0.6 is 11.6 Å². The predicted molar refractivity (Wildman–Crippen MR) is 126 cm³/mol. The average molecular weight is 424 g/mol. The number of nitrogens with zero attached hydrogens (tertiary/aromatic N) is 1. The van der Waals surface area contributed by atoms with Gasteiger partial charge in [-0.15, -0.1) is 0 Å². The molecular weight excluding hydrogens is 406 g/mol. The van der Waals surface area contributed by atoms with Crippen molar-refractivity contribution in [3.63, 3.8) is 0 Å². The van der Waals surface area contributed by atoms with E-state index >= 15 is 0 Å². The van der Waals surface area contributed by atoms with Crippen LogP contribution in [0.5, 0.6) is 0 Å². The molecule has 31 heavy (non-hydrogen) atoms. The van der Waals surface area contributed by atoms with Crippen molar-refractivity contribution in [1.29, 1.82) is 0 Å². The summed E-state index contributed by atoms with van der Waals surface area (Å²) in [4.78, 5) is 19.4. The number of aromatic amines is 1. The van der Waals surface area contributed by atoms with Crippen molar-refractivity contribution >= 4 is 28.5 Å². The van der Waals surface area contributed by atoms with Gasteiger partial charge in [0.05, 0.1) is 10.6 Å². The number of benzene rings is 3. The van der Waals surface area contributed by atoms with Crippen LogP contribution in [0.2, 0.25) is 5.02 Å². The topological polar surface area (TPSA) is 71.8 Å². The fourth-order valence-electron chi connectivity index (χ4n) is 3.81. The van der Waals surface area contributed by atoms with Gasteiger partial charge in [-0.1, -0.05) is 78.3 Å². The molecule has 3 N–H and O–H groups in total. The molecule has 4 nitrogen and oxygen atoms in total. The number of hydrogen-bond acceptors (Lipinski definition) is 2. The number of nitrogens with two attached hydrogens (primary N) is 1. The Morgan fingerprint density at radius 2 is 1.52 bits per heavy atom. The number of rotatable bonds is 4. The number of halogens is 1. The zero-order chi connectivity index (χ0) is 21.4. The van der Waals surface area contributed by atoms with Gasteiger partial charge in [-0.3, -0.25) is 4.79 Å². The largest absolute Gasteiger partial charge is 0.366 e. The van der Waals surface area contributed by atoms with Crippen LogP contribution in [0.1, 0.15) is 10.4 Å². The molecule has 0 aliphatic carbocycles. The molecule has 0 radical (unpaired) electrons. The number of amides is 1. The quantitative estimate of drug-likeness (QED) is 0.355. The Hall–Kier alpha value is -3.89. The first-order valence-electron chi connectivity index (χ1n) is 9.83. The van der Waals surface area contributed by atoms with Crippen LogP contribution in [-0.2, 0) is 0 Å². The van der Waals surface area contributed by atoms with Crippen molar-refractivity contribution < 1.29 is 4.79 Å². The van der Waals surface area contributed by atoms with Gasteiger partial charge in [0.2, 0.25) is 5.91 Å². The number of fused-ring (bicyclic) bond motifs is 1. The molecule has 0 atom stereocenters. The molecule has 0 spiro atoms. The molecule has 150 valence electrons. The van der Waals surface area contributed by atoms with Gasteiger partial charge in [0.15, 0.2) is 0 Å². The Bertz CT molecular complexity index is 1410. The lowest BCUT2D eigenvalue weighted by Gasteiger charge is -2.09. The second-order valence-corrected chi connectivity index (χ2v) is 7.68. The van der Waals surface area contributed by atoms with E-state index in [1.54, 1.807) is 12.1 Å². The minimum atomic E-state index is -0.538. The minimum Gasteiger partial charge on any atom is -0.366 e. The summed E-state index contributed by atoms with van der Waals surface area (Å²) in [7, 11) is 0. The van der Waals surface area contributed by atoms with Gasteiger partial charge in [0.1, 0.15) is 5.65 Å². The van der Waals surface area contributed by atoms with Crippen molar-refractivity contribution in [3.8, 4) is 33.4 Å². The summed E-state index contributed by atoms with van der Waals surface area (Å²) in [6.07, 6.45) is 3.86. The number of aromatic nitrogens is 2. The van der Waals surface area contributed by atoms with E-state index in [0.29, 0.717) is 10.6 Å². The van der Waals surface area contributed by atoms with Crippen LogP contribution in [0.25, 0.3) is 44.4 Å². The van der Waals surface area contributed by atoms with Crippen LogP contribution < -0.4 is 5.73 Å². The van der Waals surface area contributed by atoms with Gasteiger partial charge in [-0.05, 0) is 28.8 Å². The lowest BCUT2D eigenvalue weighted by atomic mass is 9.98. The molecule has 0 unspecified atom stereocenters. The highest BCUT2D eigenvalue weighted by molar-refractivity contribution is 6.36. The molecule has 0 aliphatic rings. The van der Waals surface area contributed by atoms with Gasteiger partial charge in [-0.2, -0.15) is 0 Å². The standard InChI is InChI=1S/C26H18ClN3O/c27-24-20(7-4-8-21(24)25(28)31)17-9-11-18(12-10-17)23-15-30-26-22(23)13-19(14-29-26)16-5-2-1-3-6-16/h1-15H,(H2,28,31)(H,29,30). The molecule has 0 saturated carbocycles. The molecule has 5 rings (SSSR count). The average Bonchev–Trinajstić information content (AvgIpc) is 3.23. The number of hydrogen-bond donors (Lipinski definition) is 2. The van der Waals surface area contributed by atoms with Crippen molar-refractivity contribution in [2.24, 2.45) is 5.73 Å². The number of H-pyrrole nitrogens is 1. The molecule has 0 fully saturated rings. The number of pyridine rings is 1. The fourth-order valence-corrected chi connectivity index (χ4v) is 4.13. The summed E-state index contributed by atoms with van der Waals surface area (Å²) in [5.74, 6) is -0.538. The van der Waals surface area contributed by atoms with E-state index in [-0.39, 0.29) is 0 Å². The summed E-state index contributed by atoms with van der Waals surface area (Å²) >= 11 is 6.42. The van der Waals surface area contributed by atoms with Gasteiger partial charge < -0.3 is 10.7 Å². The lowest BCUT2D eigenvalue weighted by Crippen LogP contribution is -2.11. The van der Waals surface area contributed by atoms with Gasteiger partial charge in [0, 0.05) is 34.5 Å². The maximum atomic E-state index is 11.6. The van der Waals surface area contributed by atoms with E-state index in [2.05, 4.69) is 28.2 Å². The summed E-state index contributed by atoms with van der Waals surface area (Å²) in [6.45, 7) is 0. The molecular formula is C26H18ClN3O. The van der Waals surface area contributed by atoms with E-state index in [0.717, 1.165) is 44.4 Å². The molecule has 1 amide bonds. The predicted octanol–water partition coefficient (Wildman–Crippen LogP) is 6.32. The van der Waals surface area contributed by atoms with E-state index in [1.807, 2.05) is 60.9 Å². The van der Waals surface area contributed by atoms with Crippen LogP contribution in [-0.4, -0.2) is 15.9 Å². The molecule has 0 aliphatic heterocycles. The summed E-state index contributed by atoms with van der Waals surface area (Å²) < 4.78 is 0. The molecule has 2 aromatic heterocycles. The van der Waals surface area contributed by atoms with E-state index in [9.17, 15) is 4.79 Å². The van der Waals surface area contributed by atoms with E-state index < -0.39 is 5.91 Å². The first kappa shape index (κ1) is 19.1. The SMILES string of the molecule is NC(=O)c1cccc(-c2ccc(-c3c[nH]c4ncc(-c5ccccc5)cc34)cc2)c1Cl. The highest BCUT2D eigenvalue weighted by atomic mass is 35.5. The summed E-state index contributed by atoms with van der Waals surface area (Å²) in [6, 6.07) is 25.7. The van der Waals surface area contributed by atoms with Crippen LogP contribution in [0.15, 0.2) is 91.3 Å². The van der Waals surface area contributed by atoms with Crippen LogP contribution in [0.4, 0.5) is 0 Å². The molecule has 0 bridgehead atoms. The Labute approximate surface area is 184 Å². The Kier molecular flexibility index (Phi) is 4.77. The first-order chi connectivity index (χ1) is 15.1. The molecule has 3 aromatic carbocycles. The number of nitrogens with one attached hydrogen (secondary N) is 1. The second kappa shape index (κ2) is 7.74. The molecule has 0 saturated heterocycles. The highest BCUT2D eigenvalue weighted by Crippen LogP contribution is 2.34. The van der Waals surface area contributed by atoms with Gasteiger partial charge in [-0.25, -0.2) is 4.98 Å². The van der Waals surface area contributed by atoms with E-state index in [1.165, 1.54) is 0 Å². The third-order valence-corrected chi connectivity index (χ3v) is 5.82. The van der Waals surface area contributed by atoms with Crippen LogP contribution in [0, 0.1) is 0 Å². The third kappa shape index (κ3) is 3.47. The minimum absolute atomic E-state index is 0.319. The van der Waals surface area contributed by atoms with Gasteiger partial charge in [0.25, 0.3) is 0 Å². The number of primary amides is 1. The molecule has 2 heterocycles. The summed E-state index contributed by atoms with van der Waals surface area (Å²) in [5.41, 5.74) is 12.6. The third-order valence-electron chi connectivity index (χ3n) is 5.41. The fraction of sp³-hybridized carbons (Fsp3) is 0.